The molecule has 0 aliphatic rings. The lowest BCUT2D eigenvalue weighted by molar-refractivity contribution is -0.417. The fourth-order valence-corrected chi connectivity index (χ4v) is 1.27. The van der Waals surface area contributed by atoms with Gasteiger partial charge in [-0.05, 0) is 45.8 Å². The van der Waals surface area contributed by atoms with Crippen molar-refractivity contribution in [1.82, 2.24) is 0 Å². The van der Waals surface area contributed by atoms with Gasteiger partial charge in [-0.3, -0.25) is 0 Å². The Morgan fingerprint density at radius 3 is 0.678 bits per heavy atom. The summed E-state index contributed by atoms with van der Waals surface area (Å²) in [6.45, 7) is -3.11. The Balaban J connectivity index is -0.0000000620. The molecule has 0 aliphatic heterocycles. The van der Waals surface area contributed by atoms with Crippen molar-refractivity contribution in [2.45, 2.75) is 115 Å². The van der Waals surface area contributed by atoms with Crippen molar-refractivity contribution < 1.29 is 144 Å². The summed E-state index contributed by atoms with van der Waals surface area (Å²) in [7, 11) is 3.83. The molecule has 0 aliphatic carbocycles. The van der Waals surface area contributed by atoms with Crippen molar-refractivity contribution in [2.24, 2.45) is 0 Å². The largest absolute Gasteiger partial charge is 0.454 e. The van der Waals surface area contributed by atoms with Gasteiger partial charge in [-0.1, -0.05) is 6.92 Å². The van der Waals surface area contributed by atoms with E-state index in [9.17, 15) is 115 Å². The lowest BCUT2D eigenvalue weighted by atomic mass is 10.1. The minimum atomic E-state index is -5.96. The molecule has 0 heterocycles. The highest BCUT2D eigenvalue weighted by Gasteiger charge is 2.72. The number of alkyl halides is 22. The Labute approximate surface area is 322 Å². The van der Waals surface area contributed by atoms with Crippen LogP contribution in [0.5, 0.6) is 0 Å². The van der Waals surface area contributed by atoms with Crippen molar-refractivity contribution in [2.75, 3.05) is 62.3 Å². The molecule has 0 saturated heterocycles. The van der Waals surface area contributed by atoms with Gasteiger partial charge in [0.25, 0.3) is 5.92 Å². The van der Waals surface area contributed by atoms with Crippen molar-refractivity contribution in [3.05, 3.63) is 0 Å². The van der Waals surface area contributed by atoms with E-state index in [2.05, 4.69) is 29.2 Å². The van der Waals surface area contributed by atoms with Crippen LogP contribution in [0.1, 0.15) is 61.8 Å². The highest BCUT2D eigenvalue weighted by molar-refractivity contribution is 4.92. The molecule has 59 heavy (non-hydrogen) atoms. The van der Waals surface area contributed by atoms with Crippen LogP contribution >= 0.6 is 0 Å². The van der Waals surface area contributed by atoms with Gasteiger partial charge in [-0.25, -0.2) is 48.3 Å². The highest BCUT2D eigenvalue weighted by Crippen LogP contribution is 2.48. The minimum Gasteiger partial charge on any atom is -0.325 e. The smallest absolute Gasteiger partial charge is 0.325 e. The first-order valence-electron chi connectivity index (χ1n) is 14.1. The van der Waals surface area contributed by atoms with Crippen LogP contribution < -0.4 is 0 Å². The summed E-state index contributed by atoms with van der Waals surface area (Å²) < 4.78 is 299. The average Bonchev–Trinajstić information content (AvgIpc) is 3.01. The first-order valence-corrected chi connectivity index (χ1v) is 14.1. The molecule has 0 N–H and O–H groups in total. The molecular weight excluding hydrogens is 914 g/mol. The lowest BCUT2D eigenvalue weighted by Crippen LogP contribution is -2.59. The van der Waals surface area contributed by atoms with Crippen LogP contribution in [0.15, 0.2) is 0 Å². The molecule has 0 aromatic carbocycles. The summed E-state index contributed by atoms with van der Waals surface area (Å²) in [5, 5.41) is 0. The SMILES string of the molecule is CC(C)(CF)OC(F)(C(C)(F)F)C(F)(F)F.CC(C)(CF)OC(F)(F)C(C)(F)F.CC(F)(F)CF.CCC(F)(F)F.COF.COF.COF.COF.FCF.FCF. The summed E-state index contributed by atoms with van der Waals surface area (Å²) in [5.74, 6) is -17.5. The Morgan fingerprint density at radius 1 is 0.390 bits per heavy atom. The number of ether oxygens (including phenoxy) is 2. The van der Waals surface area contributed by atoms with Crippen molar-refractivity contribution in [3.63, 3.8) is 0 Å². The molecule has 0 aromatic rings. The third-order valence-electron chi connectivity index (χ3n) is 3.54. The predicted octanol–water partition coefficient (Wildman–Crippen LogP) is 14.0. The van der Waals surface area contributed by atoms with Gasteiger partial charge in [-0.15, -0.1) is 0 Å². The Bertz CT molecular complexity index is 774. The van der Waals surface area contributed by atoms with Crippen molar-refractivity contribution in [1.29, 1.82) is 0 Å². The summed E-state index contributed by atoms with van der Waals surface area (Å²) >= 11 is 0. The molecule has 0 amide bonds. The number of halogens is 26. The predicted molar refractivity (Wildman–Crippen MR) is 158 cm³/mol. The molecule has 6 nitrogen and oxygen atoms in total. The van der Waals surface area contributed by atoms with Crippen molar-refractivity contribution >= 4 is 0 Å². The zero-order valence-corrected chi connectivity index (χ0v) is 33.0. The van der Waals surface area contributed by atoms with Crippen LogP contribution in [0.4, 0.5) is 115 Å². The minimum absolute atomic E-state index is 0.0152. The molecule has 0 fully saturated rings. The van der Waals surface area contributed by atoms with E-state index in [-0.39, 0.29) is 13.8 Å². The van der Waals surface area contributed by atoms with E-state index < -0.39 is 93.6 Å². The molecule has 0 rings (SSSR count). The van der Waals surface area contributed by atoms with Gasteiger partial charge >= 0.3 is 36.2 Å². The van der Waals surface area contributed by atoms with Crippen LogP contribution in [0.3, 0.4) is 0 Å². The van der Waals surface area contributed by atoms with E-state index in [4.69, 9.17) is 0 Å². The van der Waals surface area contributed by atoms with Crippen LogP contribution in [0.25, 0.3) is 0 Å². The fourth-order valence-electron chi connectivity index (χ4n) is 1.27. The quantitative estimate of drug-likeness (QED) is 0.215. The molecule has 32 heteroatoms. The van der Waals surface area contributed by atoms with Crippen LogP contribution in [-0.2, 0) is 29.2 Å². The molecular formula is C27H48F26O6. The molecule has 0 aromatic heterocycles. The molecule has 0 spiro atoms. The Kier molecular flexibility index (Phi) is 56.6. The zero-order valence-electron chi connectivity index (χ0n) is 33.0. The van der Waals surface area contributed by atoms with Gasteiger partial charge in [0.1, 0.15) is 13.3 Å². The van der Waals surface area contributed by atoms with E-state index >= 15 is 0 Å². The Hall–Kier alpha value is -2.06. The fraction of sp³-hybridized carbons (Fsp3) is 1.00. The average molecular weight is 963 g/mol. The van der Waals surface area contributed by atoms with Crippen LogP contribution in [-0.4, -0.2) is 116 Å². The van der Waals surface area contributed by atoms with E-state index in [0.717, 1.165) is 63.1 Å². The molecule has 374 valence electrons. The summed E-state index contributed by atoms with van der Waals surface area (Å²) in [6, 6.07) is 0. The number of hydrogen-bond donors (Lipinski definition) is 0. The molecule has 0 saturated carbocycles. The van der Waals surface area contributed by atoms with E-state index in [1.165, 1.54) is 0 Å². The highest BCUT2D eigenvalue weighted by atomic mass is 19.4. The van der Waals surface area contributed by atoms with Gasteiger partial charge in [0, 0.05) is 27.2 Å². The van der Waals surface area contributed by atoms with E-state index in [0.29, 0.717) is 6.92 Å². The van der Waals surface area contributed by atoms with Gasteiger partial charge in [0.2, 0.25) is 13.9 Å². The standard InChI is InChI=1S/C8H11F7O.C7H11F5O.2C3H5F3.2CH2F2.4CH3FO/c1-5(2,4-9)16-7(12,6(3,10)11)8(13,14)15;1-5(2,4-8)13-7(11,12)6(3,9)10;1-3(5,6)2-4;1-2-3(4,5)6;2*2-1-3;4*1-3-2/h4H2,1-3H3;4H2,1-3H3;2*2H2,1H3;2*1H2;4*1H3. The van der Waals surface area contributed by atoms with Gasteiger partial charge in [-0.2, -0.15) is 68.1 Å². The third kappa shape index (κ3) is 68.0. The summed E-state index contributed by atoms with van der Waals surface area (Å²) in [6.07, 6.45) is -15.3. The maximum absolute atomic E-state index is 13.2. The first-order chi connectivity index (χ1) is 25.9. The second-order valence-electron chi connectivity index (χ2n) is 10.4. The molecule has 0 bridgehead atoms. The molecule has 1 atom stereocenters. The van der Waals surface area contributed by atoms with Crippen molar-refractivity contribution in [3.8, 4) is 0 Å². The molecule has 1 unspecified atom stereocenters. The normalized spacial score (nSPS) is 12.5. The van der Waals surface area contributed by atoms with Gasteiger partial charge in [0.15, 0.2) is 6.67 Å². The van der Waals surface area contributed by atoms with E-state index in [1.54, 1.807) is 0 Å². The second-order valence-corrected chi connectivity index (χ2v) is 10.4. The van der Waals surface area contributed by atoms with Crippen LogP contribution in [0, 0.1) is 0 Å². The maximum Gasteiger partial charge on any atom is 0.454 e. The monoisotopic (exact) mass is 962 g/mol. The van der Waals surface area contributed by atoms with Gasteiger partial charge in [0.05, 0.1) is 39.6 Å². The zero-order chi connectivity index (χ0) is 51.0. The van der Waals surface area contributed by atoms with Crippen LogP contribution in [0.2, 0.25) is 0 Å². The summed E-state index contributed by atoms with van der Waals surface area (Å²) in [5.41, 5.74) is -4.22. The van der Waals surface area contributed by atoms with E-state index in [1.807, 2.05) is 0 Å². The number of hydrogen-bond acceptors (Lipinski definition) is 6. The summed E-state index contributed by atoms with van der Waals surface area (Å²) in [4.78, 5) is 11.0. The lowest BCUT2D eigenvalue weighted by Gasteiger charge is -2.37. The molecule has 0 radical (unpaired) electrons. The third-order valence-corrected chi connectivity index (χ3v) is 3.54. The Morgan fingerprint density at radius 2 is 0.576 bits per heavy atom. The first kappa shape index (κ1) is 80.9. The maximum atomic E-state index is 13.2. The van der Waals surface area contributed by atoms with Gasteiger partial charge < -0.3 is 9.47 Å². The number of rotatable bonds is 9. The topological polar surface area (TPSA) is 55.4 Å². The second kappa shape index (κ2) is 41.3.